The van der Waals surface area contributed by atoms with Gasteiger partial charge in [0.1, 0.15) is 36.5 Å². The Morgan fingerprint density at radius 1 is 1.09 bits per heavy atom. The topological polar surface area (TPSA) is 129 Å². The fourth-order valence-electron chi connectivity index (χ4n) is 7.19. The molecule has 43 heavy (non-hydrogen) atoms. The normalized spacial score (nSPS) is 23.9. The Morgan fingerprint density at radius 2 is 1.91 bits per heavy atom. The number of aromatic amines is 1. The lowest BCUT2D eigenvalue weighted by molar-refractivity contribution is -0.133. The van der Waals surface area contributed by atoms with Gasteiger partial charge >= 0.3 is 0 Å². The Balaban J connectivity index is 1.24. The van der Waals surface area contributed by atoms with Gasteiger partial charge in [-0.25, -0.2) is 0 Å². The lowest BCUT2D eigenvalue weighted by Crippen LogP contribution is -2.53. The third-order valence-electron chi connectivity index (χ3n) is 9.40. The maximum absolute atomic E-state index is 14.0. The quantitative estimate of drug-likeness (QED) is 0.313. The number of hydrogen-bond acceptors (Lipinski definition) is 6. The fraction of sp³-hybridized carbons (Fsp3) is 0.455. The lowest BCUT2D eigenvalue weighted by Gasteiger charge is -2.29. The van der Waals surface area contributed by atoms with E-state index in [1.165, 1.54) is 0 Å². The van der Waals surface area contributed by atoms with E-state index in [0.29, 0.717) is 53.4 Å². The van der Waals surface area contributed by atoms with Gasteiger partial charge in [-0.05, 0) is 67.7 Å². The number of halogens is 1. The molecule has 3 N–H and O–H groups in total. The number of ketones is 2. The van der Waals surface area contributed by atoms with Gasteiger partial charge in [-0.1, -0.05) is 48.4 Å². The SMILES string of the molecule is O=C1CCC[C@H]1C[C@H](NC(=O)[C@@H]1[C@H]2CCC[C@H]2CN1C(=O)c1cc2c(Cl)ccc(OCc3ccccc3)c2[nH]1)C(=O)CO. The Hall–Kier alpha value is -3.69. The first kappa shape index (κ1) is 29.4. The van der Waals surface area contributed by atoms with Crippen molar-refractivity contribution in [3.8, 4) is 5.75 Å². The molecule has 2 aromatic carbocycles. The first-order valence-electron chi connectivity index (χ1n) is 15.1. The Labute approximate surface area is 254 Å². The first-order chi connectivity index (χ1) is 20.8. The molecule has 10 heteroatoms. The van der Waals surface area contributed by atoms with Gasteiger partial charge in [-0.3, -0.25) is 19.2 Å². The molecule has 0 radical (unpaired) electrons. The Morgan fingerprint density at radius 3 is 2.65 bits per heavy atom. The minimum Gasteiger partial charge on any atom is -0.487 e. The molecule has 0 unspecified atom stereocenters. The summed E-state index contributed by atoms with van der Waals surface area (Å²) in [6.45, 7) is 0.0509. The largest absolute Gasteiger partial charge is 0.487 e. The van der Waals surface area contributed by atoms with E-state index >= 15 is 0 Å². The molecule has 9 nitrogen and oxygen atoms in total. The minimum atomic E-state index is -0.974. The number of nitrogens with zero attached hydrogens (tertiary/aromatic N) is 1. The molecule has 0 bridgehead atoms. The Bertz CT molecular complexity index is 1540. The summed E-state index contributed by atoms with van der Waals surface area (Å²) in [5.41, 5.74) is 1.90. The minimum absolute atomic E-state index is 0.0281. The van der Waals surface area contributed by atoms with Gasteiger partial charge in [0.2, 0.25) is 5.91 Å². The second kappa shape index (κ2) is 12.5. The van der Waals surface area contributed by atoms with Gasteiger partial charge in [0, 0.05) is 24.3 Å². The zero-order chi connectivity index (χ0) is 30.1. The number of aliphatic hydroxyl groups excluding tert-OH is 1. The molecule has 3 fully saturated rings. The monoisotopic (exact) mass is 605 g/mol. The highest BCUT2D eigenvalue weighted by Crippen LogP contribution is 2.43. The predicted molar refractivity (Wildman–Crippen MR) is 161 cm³/mol. The summed E-state index contributed by atoms with van der Waals surface area (Å²) in [6.07, 6.45) is 4.78. The summed E-state index contributed by atoms with van der Waals surface area (Å²) in [6, 6.07) is 13.2. The van der Waals surface area contributed by atoms with E-state index in [9.17, 15) is 24.3 Å². The smallest absolute Gasteiger partial charge is 0.271 e. The number of aliphatic hydroxyl groups is 1. The van der Waals surface area contributed by atoms with Crippen molar-refractivity contribution < 1.29 is 29.0 Å². The lowest BCUT2D eigenvalue weighted by atomic mass is 9.91. The zero-order valence-electron chi connectivity index (χ0n) is 23.9. The number of H-pyrrole nitrogens is 1. The summed E-state index contributed by atoms with van der Waals surface area (Å²) < 4.78 is 6.08. The molecule has 2 heterocycles. The summed E-state index contributed by atoms with van der Waals surface area (Å²) in [5, 5.41) is 13.6. The number of carbonyl (C=O) groups excluding carboxylic acids is 4. The fourth-order valence-corrected chi connectivity index (χ4v) is 7.41. The molecule has 1 saturated heterocycles. The van der Waals surface area contributed by atoms with Crippen LogP contribution in [0, 0.1) is 17.8 Å². The summed E-state index contributed by atoms with van der Waals surface area (Å²) in [7, 11) is 0. The van der Waals surface area contributed by atoms with Crippen LogP contribution >= 0.6 is 11.6 Å². The Kier molecular flexibility index (Phi) is 8.54. The van der Waals surface area contributed by atoms with Gasteiger partial charge in [-0.2, -0.15) is 0 Å². The van der Waals surface area contributed by atoms with E-state index in [4.69, 9.17) is 16.3 Å². The maximum atomic E-state index is 14.0. The maximum Gasteiger partial charge on any atom is 0.271 e. The van der Waals surface area contributed by atoms with Crippen molar-refractivity contribution in [3.63, 3.8) is 0 Å². The number of benzene rings is 2. The molecule has 2 aliphatic carbocycles. The number of Topliss-reactive ketones (excluding diaryl/α,β-unsaturated/α-hetero) is 2. The predicted octanol–water partition coefficient (Wildman–Crippen LogP) is 4.45. The van der Waals surface area contributed by atoms with Gasteiger partial charge in [-0.15, -0.1) is 0 Å². The van der Waals surface area contributed by atoms with Crippen LogP contribution in [0.1, 0.15) is 61.0 Å². The third kappa shape index (κ3) is 5.93. The molecule has 2 amide bonds. The molecule has 226 valence electrons. The molecular formula is C33H36ClN3O6. The number of nitrogens with one attached hydrogen (secondary N) is 2. The highest BCUT2D eigenvalue weighted by Gasteiger charge is 2.50. The standard InChI is InChI=1S/C33H36ClN3O6/c34-24-12-13-29(43-18-19-6-2-1-3-7-19)30-23(24)15-26(35-30)33(42)37-16-21-9-4-10-22(21)31(37)32(41)36-25(28(40)17-38)14-20-8-5-11-27(20)39/h1-3,6-7,12-13,15,20-22,25,31,35,38H,4-5,8-11,14,16-18H2,(H,36,41)/t20-,21-,22-,25-,31-/m0/s1. The number of hydrogen-bond donors (Lipinski definition) is 3. The number of amides is 2. The van der Waals surface area contributed by atoms with Crippen molar-refractivity contribution in [1.82, 2.24) is 15.2 Å². The number of carbonyl (C=O) groups is 4. The van der Waals surface area contributed by atoms with Gasteiger partial charge in [0.15, 0.2) is 5.78 Å². The number of ether oxygens (including phenoxy) is 1. The van der Waals surface area contributed by atoms with Crippen LogP contribution in [0.5, 0.6) is 5.75 Å². The van der Waals surface area contributed by atoms with Crippen LogP contribution in [0.4, 0.5) is 0 Å². The molecule has 5 atom stereocenters. The number of likely N-dealkylation sites (tertiary alicyclic amines) is 1. The summed E-state index contributed by atoms with van der Waals surface area (Å²) in [5.74, 6) is -0.783. The van der Waals surface area contributed by atoms with Crippen molar-refractivity contribution in [3.05, 3.63) is 64.8 Å². The van der Waals surface area contributed by atoms with Crippen LogP contribution in [0.3, 0.4) is 0 Å². The number of aromatic nitrogens is 1. The second-order valence-electron chi connectivity index (χ2n) is 12.0. The number of rotatable bonds is 10. The van der Waals surface area contributed by atoms with E-state index < -0.39 is 30.4 Å². The van der Waals surface area contributed by atoms with Crippen molar-refractivity contribution >= 4 is 45.9 Å². The van der Waals surface area contributed by atoms with E-state index in [1.54, 1.807) is 23.1 Å². The third-order valence-corrected chi connectivity index (χ3v) is 9.73. The highest BCUT2D eigenvalue weighted by atomic mass is 35.5. The van der Waals surface area contributed by atoms with Crippen LogP contribution < -0.4 is 10.1 Å². The summed E-state index contributed by atoms with van der Waals surface area (Å²) >= 11 is 6.52. The average molecular weight is 606 g/mol. The molecule has 3 aromatic rings. The van der Waals surface area contributed by atoms with Gasteiger partial charge in [0.25, 0.3) is 5.91 Å². The second-order valence-corrected chi connectivity index (χ2v) is 12.4. The molecule has 1 aromatic heterocycles. The van der Waals surface area contributed by atoms with Crippen molar-refractivity contribution in [1.29, 1.82) is 0 Å². The van der Waals surface area contributed by atoms with E-state index in [-0.39, 0.29) is 35.9 Å². The van der Waals surface area contributed by atoms with E-state index in [0.717, 1.165) is 31.2 Å². The number of fused-ring (bicyclic) bond motifs is 2. The molecule has 3 aliphatic rings. The highest BCUT2D eigenvalue weighted by molar-refractivity contribution is 6.35. The zero-order valence-corrected chi connectivity index (χ0v) is 24.6. The molecule has 1 aliphatic heterocycles. The molecule has 0 spiro atoms. The van der Waals surface area contributed by atoms with Crippen molar-refractivity contribution in [2.24, 2.45) is 17.8 Å². The molecule has 6 rings (SSSR count). The average Bonchev–Trinajstić information content (AvgIpc) is 3.81. The summed E-state index contributed by atoms with van der Waals surface area (Å²) in [4.78, 5) is 57.6. The van der Waals surface area contributed by atoms with Crippen molar-refractivity contribution in [2.75, 3.05) is 13.2 Å². The van der Waals surface area contributed by atoms with Crippen molar-refractivity contribution in [2.45, 2.75) is 63.6 Å². The van der Waals surface area contributed by atoms with Gasteiger partial charge < -0.3 is 25.0 Å². The van der Waals surface area contributed by atoms with Crippen LogP contribution in [-0.2, 0) is 21.0 Å². The van der Waals surface area contributed by atoms with E-state index in [2.05, 4.69) is 10.3 Å². The van der Waals surface area contributed by atoms with Crippen LogP contribution in [-0.4, -0.2) is 63.6 Å². The van der Waals surface area contributed by atoms with Gasteiger partial charge in [0.05, 0.1) is 16.6 Å². The van der Waals surface area contributed by atoms with E-state index in [1.807, 2.05) is 30.3 Å². The molecule has 2 saturated carbocycles. The van der Waals surface area contributed by atoms with Crippen LogP contribution in [0.15, 0.2) is 48.5 Å². The first-order valence-corrected chi connectivity index (χ1v) is 15.5. The van der Waals surface area contributed by atoms with Crippen LogP contribution in [0.25, 0.3) is 10.9 Å². The molecular weight excluding hydrogens is 570 g/mol. The van der Waals surface area contributed by atoms with Crippen LogP contribution in [0.2, 0.25) is 5.02 Å².